The number of nitrogens with zero attached hydrogens (tertiary/aromatic N) is 3. The van der Waals surface area contributed by atoms with Gasteiger partial charge in [-0.2, -0.15) is 4.31 Å². The van der Waals surface area contributed by atoms with Gasteiger partial charge in [-0.15, -0.1) is 0 Å². The summed E-state index contributed by atoms with van der Waals surface area (Å²) in [5, 5.41) is 0. The van der Waals surface area contributed by atoms with Crippen molar-refractivity contribution in [2.45, 2.75) is 4.90 Å². The van der Waals surface area contributed by atoms with Crippen LogP contribution in [0.3, 0.4) is 0 Å². The Morgan fingerprint density at radius 1 is 1.11 bits per heavy atom. The van der Waals surface area contributed by atoms with Crippen LogP contribution in [0.4, 0.5) is 5.69 Å². The summed E-state index contributed by atoms with van der Waals surface area (Å²) >= 11 is 0. The topological polar surface area (TPSA) is 45.0 Å². The molecule has 6 heteroatoms. The smallest absolute Gasteiger partial charge is 0.243 e. The maximum Gasteiger partial charge on any atom is 0.243 e. The fourth-order valence-electron chi connectivity index (χ4n) is 1.87. The summed E-state index contributed by atoms with van der Waals surface area (Å²) in [7, 11) is -1.43. The van der Waals surface area contributed by atoms with Gasteiger partial charge in [0.2, 0.25) is 10.0 Å². The minimum absolute atomic E-state index is 0.263. The molecule has 0 bridgehead atoms. The lowest BCUT2D eigenvalue weighted by Gasteiger charge is -2.31. The van der Waals surface area contributed by atoms with Crippen LogP contribution in [0.5, 0.6) is 0 Å². The Bertz CT molecular complexity index is 552. The molecule has 0 N–H and O–H groups in total. The van der Waals surface area contributed by atoms with E-state index in [4.69, 9.17) is 6.57 Å². The highest BCUT2D eigenvalue weighted by Gasteiger charge is 2.27. The zero-order valence-electron chi connectivity index (χ0n) is 10.2. The molecule has 1 aliphatic heterocycles. The Labute approximate surface area is 107 Å². The molecule has 1 heterocycles. The fraction of sp³-hybridized carbons (Fsp3) is 0.417. The third-order valence-corrected chi connectivity index (χ3v) is 4.98. The van der Waals surface area contributed by atoms with Crippen LogP contribution >= 0.6 is 0 Å². The predicted molar refractivity (Wildman–Crippen MR) is 69.0 cm³/mol. The fourth-order valence-corrected chi connectivity index (χ4v) is 3.29. The molecule has 1 aromatic rings. The first-order valence-electron chi connectivity index (χ1n) is 5.70. The van der Waals surface area contributed by atoms with Gasteiger partial charge in [-0.05, 0) is 7.05 Å². The number of benzene rings is 1. The first-order chi connectivity index (χ1) is 8.54. The second kappa shape index (κ2) is 5.06. The van der Waals surface area contributed by atoms with Gasteiger partial charge in [0.15, 0.2) is 5.69 Å². The Morgan fingerprint density at radius 3 is 2.17 bits per heavy atom. The largest absolute Gasteiger partial charge is 0.304 e. The quantitative estimate of drug-likeness (QED) is 0.754. The molecule has 18 heavy (non-hydrogen) atoms. The molecule has 2 rings (SSSR count). The number of likely N-dealkylation sites (N-methyl/N-ethyl adjacent to an activating group) is 1. The lowest BCUT2D eigenvalue weighted by molar-refractivity contribution is 0.222. The van der Waals surface area contributed by atoms with Crippen LogP contribution < -0.4 is 0 Å². The van der Waals surface area contributed by atoms with Crippen LogP contribution in [-0.4, -0.2) is 50.8 Å². The van der Waals surface area contributed by atoms with Gasteiger partial charge < -0.3 is 4.90 Å². The minimum Gasteiger partial charge on any atom is -0.304 e. The Hall–Kier alpha value is -1.42. The number of piperazine rings is 1. The molecule has 0 radical (unpaired) electrons. The van der Waals surface area contributed by atoms with Crippen molar-refractivity contribution >= 4 is 15.7 Å². The van der Waals surface area contributed by atoms with Gasteiger partial charge in [0.25, 0.3) is 0 Å². The molecule has 0 amide bonds. The molecule has 1 fully saturated rings. The average molecular weight is 265 g/mol. The lowest BCUT2D eigenvalue weighted by Crippen LogP contribution is -2.46. The van der Waals surface area contributed by atoms with Gasteiger partial charge in [0, 0.05) is 26.2 Å². The molecule has 96 valence electrons. The normalized spacial score (nSPS) is 18.4. The third kappa shape index (κ3) is 2.53. The first-order valence-corrected chi connectivity index (χ1v) is 7.14. The number of sulfonamides is 1. The van der Waals surface area contributed by atoms with E-state index in [2.05, 4.69) is 9.74 Å². The van der Waals surface area contributed by atoms with Gasteiger partial charge in [-0.1, -0.05) is 24.3 Å². The summed E-state index contributed by atoms with van der Waals surface area (Å²) in [6.07, 6.45) is 0. The SMILES string of the molecule is [C-]#[N+]c1ccc(S(=O)(=O)N2CCN(C)CC2)cc1. The second-order valence-electron chi connectivity index (χ2n) is 4.31. The summed E-state index contributed by atoms with van der Waals surface area (Å²) in [5.74, 6) is 0. The van der Waals surface area contributed by atoms with Gasteiger partial charge in [0.05, 0.1) is 11.5 Å². The first kappa shape index (κ1) is 13.0. The Morgan fingerprint density at radius 2 is 1.67 bits per heavy atom. The minimum atomic E-state index is -3.41. The molecule has 5 nitrogen and oxygen atoms in total. The maximum atomic E-state index is 12.3. The zero-order chi connectivity index (χ0) is 13.2. The molecule has 0 aliphatic carbocycles. The summed E-state index contributed by atoms with van der Waals surface area (Å²) in [6.45, 7) is 9.38. The third-order valence-electron chi connectivity index (χ3n) is 3.07. The van der Waals surface area contributed by atoms with Gasteiger partial charge >= 0.3 is 0 Å². The van der Waals surface area contributed by atoms with Crippen LogP contribution in [0, 0.1) is 6.57 Å². The van der Waals surface area contributed by atoms with E-state index in [-0.39, 0.29) is 4.90 Å². The van der Waals surface area contributed by atoms with Crippen LogP contribution in [0.25, 0.3) is 4.85 Å². The maximum absolute atomic E-state index is 12.3. The van der Waals surface area contributed by atoms with E-state index in [9.17, 15) is 8.42 Å². The number of hydrogen-bond acceptors (Lipinski definition) is 3. The Balaban J connectivity index is 2.22. The van der Waals surface area contributed by atoms with Crippen molar-refractivity contribution in [1.82, 2.24) is 9.21 Å². The molecular formula is C12H15N3O2S. The van der Waals surface area contributed by atoms with Crippen molar-refractivity contribution in [3.05, 3.63) is 35.7 Å². The van der Waals surface area contributed by atoms with E-state index < -0.39 is 10.0 Å². The van der Waals surface area contributed by atoms with E-state index in [1.165, 1.54) is 28.6 Å². The average Bonchev–Trinajstić information content (AvgIpc) is 2.39. The molecular weight excluding hydrogens is 250 g/mol. The predicted octanol–water partition coefficient (Wildman–Crippen LogP) is 1.17. The molecule has 0 unspecified atom stereocenters. The molecule has 1 aromatic carbocycles. The highest BCUT2D eigenvalue weighted by atomic mass is 32.2. The molecule has 0 saturated carbocycles. The van der Waals surface area contributed by atoms with Crippen molar-refractivity contribution in [3.63, 3.8) is 0 Å². The van der Waals surface area contributed by atoms with E-state index in [1.54, 1.807) is 0 Å². The molecule has 0 atom stereocenters. The van der Waals surface area contributed by atoms with Crippen molar-refractivity contribution in [1.29, 1.82) is 0 Å². The van der Waals surface area contributed by atoms with Gasteiger partial charge in [0.1, 0.15) is 0 Å². The van der Waals surface area contributed by atoms with Crippen LogP contribution in [0.15, 0.2) is 29.2 Å². The van der Waals surface area contributed by atoms with Crippen LogP contribution in [-0.2, 0) is 10.0 Å². The summed E-state index contributed by atoms with van der Waals surface area (Å²) in [5.41, 5.74) is 0.451. The summed E-state index contributed by atoms with van der Waals surface area (Å²) in [6, 6.07) is 6.08. The highest BCUT2D eigenvalue weighted by molar-refractivity contribution is 7.89. The van der Waals surface area contributed by atoms with Crippen molar-refractivity contribution in [2.75, 3.05) is 33.2 Å². The molecule has 1 saturated heterocycles. The van der Waals surface area contributed by atoms with Crippen LogP contribution in [0.2, 0.25) is 0 Å². The number of rotatable bonds is 2. The van der Waals surface area contributed by atoms with E-state index in [0.29, 0.717) is 18.8 Å². The standard InChI is InChI=1S/C12H15N3O2S/c1-13-11-3-5-12(6-4-11)18(16,17)15-9-7-14(2)8-10-15/h3-6H,7-10H2,2H3. The van der Waals surface area contributed by atoms with E-state index >= 15 is 0 Å². The van der Waals surface area contributed by atoms with Crippen LogP contribution in [0.1, 0.15) is 0 Å². The van der Waals surface area contributed by atoms with Gasteiger partial charge in [-0.3, -0.25) is 0 Å². The summed E-state index contributed by atoms with van der Waals surface area (Å²) in [4.78, 5) is 5.62. The zero-order valence-corrected chi connectivity index (χ0v) is 11.0. The second-order valence-corrected chi connectivity index (χ2v) is 6.25. The number of hydrogen-bond donors (Lipinski definition) is 0. The lowest BCUT2D eigenvalue weighted by atomic mass is 10.3. The van der Waals surface area contributed by atoms with Crippen molar-refractivity contribution in [3.8, 4) is 0 Å². The molecule has 0 spiro atoms. The van der Waals surface area contributed by atoms with E-state index in [0.717, 1.165) is 13.1 Å². The van der Waals surface area contributed by atoms with E-state index in [1.807, 2.05) is 7.05 Å². The van der Waals surface area contributed by atoms with Crippen molar-refractivity contribution < 1.29 is 8.42 Å². The Kier molecular flexibility index (Phi) is 3.66. The van der Waals surface area contributed by atoms with Crippen molar-refractivity contribution in [2.24, 2.45) is 0 Å². The molecule has 0 aromatic heterocycles. The monoisotopic (exact) mass is 265 g/mol. The highest BCUT2D eigenvalue weighted by Crippen LogP contribution is 2.20. The molecule has 1 aliphatic rings. The summed E-state index contributed by atoms with van der Waals surface area (Å²) < 4.78 is 26.1. The van der Waals surface area contributed by atoms with Gasteiger partial charge in [-0.25, -0.2) is 13.3 Å².